The van der Waals surface area contributed by atoms with Gasteiger partial charge < -0.3 is 9.80 Å². The lowest BCUT2D eigenvalue weighted by atomic mass is 10.1. The molecule has 0 bridgehead atoms. The van der Waals surface area contributed by atoms with Gasteiger partial charge in [0, 0.05) is 56.7 Å². The number of aryl methyl sites for hydroxylation is 2. The average molecular weight is 363 g/mol. The van der Waals surface area contributed by atoms with Crippen LogP contribution in [0.1, 0.15) is 16.2 Å². The topological polar surface area (TPSA) is 80.0 Å². The predicted octanol–water partition coefficient (Wildman–Crippen LogP) is 1.54. The number of benzene rings is 1. The van der Waals surface area contributed by atoms with Gasteiger partial charge in [-0.25, -0.2) is 19.6 Å². The Kier molecular flexibility index (Phi) is 4.53. The molecule has 3 aromatic rings. The van der Waals surface area contributed by atoms with Crippen molar-refractivity contribution in [1.29, 1.82) is 0 Å². The summed E-state index contributed by atoms with van der Waals surface area (Å²) in [7, 11) is 1.87. The number of carbonyl (C=O) groups is 1. The van der Waals surface area contributed by atoms with Crippen LogP contribution in [0.15, 0.2) is 42.7 Å². The summed E-state index contributed by atoms with van der Waals surface area (Å²) in [5, 5.41) is 4.27. The maximum Gasteiger partial charge on any atom is 0.253 e. The summed E-state index contributed by atoms with van der Waals surface area (Å²) >= 11 is 0. The average Bonchev–Trinajstić information content (AvgIpc) is 3.06. The van der Waals surface area contributed by atoms with E-state index >= 15 is 0 Å². The number of anilines is 1. The molecule has 1 fully saturated rings. The van der Waals surface area contributed by atoms with Crippen LogP contribution in [0.4, 0.5) is 5.95 Å². The monoisotopic (exact) mass is 363 g/mol. The van der Waals surface area contributed by atoms with Gasteiger partial charge >= 0.3 is 0 Å². The fourth-order valence-corrected chi connectivity index (χ4v) is 3.27. The van der Waals surface area contributed by atoms with Crippen molar-refractivity contribution in [2.45, 2.75) is 6.92 Å². The third kappa shape index (κ3) is 3.51. The molecule has 0 atom stereocenters. The zero-order valence-electron chi connectivity index (χ0n) is 15.4. The molecule has 1 amide bonds. The lowest BCUT2D eigenvalue weighted by molar-refractivity contribution is 0.0746. The smallest absolute Gasteiger partial charge is 0.253 e. The van der Waals surface area contributed by atoms with E-state index in [1.807, 2.05) is 43.1 Å². The van der Waals surface area contributed by atoms with Gasteiger partial charge in [0.2, 0.25) is 5.95 Å². The van der Waals surface area contributed by atoms with Crippen molar-refractivity contribution in [2.75, 3.05) is 31.1 Å². The summed E-state index contributed by atoms with van der Waals surface area (Å²) in [6.45, 7) is 4.63. The molecule has 0 unspecified atom stereocenters. The fraction of sp³-hybridized carbons (Fsp3) is 0.316. The van der Waals surface area contributed by atoms with E-state index in [0.717, 1.165) is 30.3 Å². The second-order valence-corrected chi connectivity index (χ2v) is 6.51. The van der Waals surface area contributed by atoms with Crippen LogP contribution in [0.2, 0.25) is 0 Å². The Balaban J connectivity index is 1.42. The van der Waals surface area contributed by atoms with Crippen LogP contribution in [0, 0.1) is 6.92 Å². The van der Waals surface area contributed by atoms with Gasteiger partial charge in [0.25, 0.3) is 5.91 Å². The zero-order chi connectivity index (χ0) is 18.8. The highest BCUT2D eigenvalue weighted by molar-refractivity contribution is 5.94. The molecule has 0 saturated carbocycles. The number of rotatable bonds is 3. The summed E-state index contributed by atoms with van der Waals surface area (Å²) in [6, 6.07) is 9.35. The van der Waals surface area contributed by atoms with Gasteiger partial charge in [-0.1, -0.05) is 12.1 Å². The van der Waals surface area contributed by atoms with Crippen LogP contribution in [-0.4, -0.2) is 61.7 Å². The van der Waals surface area contributed by atoms with E-state index in [4.69, 9.17) is 0 Å². The van der Waals surface area contributed by atoms with E-state index in [1.54, 1.807) is 23.1 Å². The van der Waals surface area contributed by atoms with Crippen LogP contribution in [0.5, 0.6) is 0 Å². The van der Waals surface area contributed by atoms with Crippen molar-refractivity contribution in [1.82, 2.24) is 29.6 Å². The molecule has 138 valence electrons. The number of hydrogen-bond donors (Lipinski definition) is 0. The lowest BCUT2D eigenvalue weighted by Gasteiger charge is -2.34. The van der Waals surface area contributed by atoms with Crippen LogP contribution in [0.25, 0.3) is 11.4 Å². The molecule has 0 spiro atoms. The van der Waals surface area contributed by atoms with Crippen LogP contribution in [0.3, 0.4) is 0 Å². The second-order valence-electron chi connectivity index (χ2n) is 6.51. The number of aromatic nitrogens is 5. The fourth-order valence-electron chi connectivity index (χ4n) is 3.27. The number of piperazine rings is 1. The van der Waals surface area contributed by atoms with Gasteiger partial charge in [-0.15, -0.1) is 0 Å². The molecule has 1 saturated heterocycles. The summed E-state index contributed by atoms with van der Waals surface area (Å²) in [4.78, 5) is 29.8. The Morgan fingerprint density at radius 2 is 1.67 bits per heavy atom. The lowest BCUT2D eigenvalue weighted by Crippen LogP contribution is -2.49. The van der Waals surface area contributed by atoms with E-state index in [9.17, 15) is 4.79 Å². The third-order valence-corrected chi connectivity index (χ3v) is 4.66. The maximum absolute atomic E-state index is 12.8. The van der Waals surface area contributed by atoms with Gasteiger partial charge in [-0.2, -0.15) is 5.10 Å². The molecule has 1 aliphatic heterocycles. The SMILES string of the molecule is Cc1nc(-c2ccc(C(=O)N3CCN(c4ncccn4)CC3)cc2)n(C)n1. The first kappa shape index (κ1) is 17.1. The summed E-state index contributed by atoms with van der Waals surface area (Å²) in [6.07, 6.45) is 3.47. The predicted molar refractivity (Wildman–Crippen MR) is 101 cm³/mol. The van der Waals surface area contributed by atoms with E-state index in [1.165, 1.54) is 0 Å². The highest BCUT2D eigenvalue weighted by Crippen LogP contribution is 2.19. The highest BCUT2D eigenvalue weighted by Gasteiger charge is 2.23. The van der Waals surface area contributed by atoms with Gasteiger partial charge in [0.1, 0.15) is 5.82 Å². The Morgan fingerprint density at radius 1 is 1.00 bits per heavy atom. The molecule has 4 rings (SSSR count). The van der Waals surface area contributed by atoms with Gasteiger partial charge in [0.15, 0.2) is 5.82 Å². The summed E-state index contributed by atoms with van der Waals surface area (Å²) in [5.74, 6) is 2.29. The molecule has 2 aromatic heterocycles. The normalized spacial score (nSPS) is 14.4. The first-order valence-electron chi connectivity index (χ1n) is 8.91. The Bertz CT molecular complexity index is 928. The molecule has 8 nitrogen and oxygen atoms in total. The van der Waals surface area contributed by atoms with Crippen molar-refractivity contribution in [3.63, 3.8) is 0 Å². The molecular formula is C19H21N7O. The van der Waals surface area contributed by atoms with E-state index in [0.29, 0.717) is 24.6 Å². The standard InChI is InChI=1S/C19H21N7O/c1-14-22-17(24(2)23-14)15-4-6-16(7-5-15)18(27)25-10-12-26(13-11-25)19-20-8-3-9-21-19/h3-9H,10-13H2,1-2H3. The Hall–Kier alpha value is -3.29. The second kappa shape index (κ2) is 7.14. The van der Waals surface area contributed by atoms with Crippen molar-refractivity contribution >= 4 is 11.9 Å². The summed E-state index contributed by atoms with van der Waals surface area (Å²) in [5.41, 5.74) is 1.63. The molecule has 1 aliphatic rings. The van der Waals surface area contributed by atoms with Crippen molar-refractivity contribution in [2.24, 2.45) is 7.05 Å². The molecule has 0 N–H and O–H groups in total. The van der Waals surface area contributed by atoms with Crippen molar-refractivity contribution in [3.05, 3.63) is 54.1 Å². The van der Waals surface area contributed by atoms with E-state index in [-0.39, 0.29) is 5.91 Å². The molecule has 8 heteroatoms. The van der Waals surface area contributed by atoms with Crippen LogP contribution >= 0.6 is 0 Å². The first-order chi connectivity index (χ1) is 13.1. The minimum absolute atomic E-state index is 0.0457. The maximum atomic E-state index is 12.8. The van der Waals surface area contributed by atoms with Crippen LogP contribution < -0.4 is 4.90 Å². The minimum Gasteiger partial charge on any atom is -0.337 e. The quantitative estimate of drug-likeness (QED) is 0.702. The van der Waals surface area contributed by atoms with Crippen molar-refractivity contribution < 1.29 is 4.79 Å². The van der Waals surface area contributed by atoms with Gasteiger partial charge in [0.05, 0.1) is 0 Å². The number of amides is 1. The van der Waals surface area contributed by atoms with Crippen LogP contribution in [-0.2, 0) is 7.05 Å². The highest BCUT2D eigenvalue weighted by atomic mass is 16.2. The molecule has 1 aromatic carbocycles. The Morgan fingerprint density at radius 3 is 2.26 bits per heavy atom. The third-order valence-electron chi connectivity index (χ3n) is 4.66. The molecule has 27 heavy (non-hydrogen) atoms. The van der Waals surface area contributed by atoms with E-state index in [2.05, 4.69) is 25.0 Å². The number of nitrogens with zero attached hydrogens (tertiary/aromatic N) is 7. The van der Waals surface area contributed by atoms with Crippen molar-refractivity contribution in [3.8, 4) is 11.4 Å². The number of carbonyl (C=O) groups excluding carboxylic acids is 1. The van der Waals surface area contributed by atoms with Gasteiger partial charge in [-0.05, 0) is 25.1 Å². The Labute approximate surface area is 157 Å². The van der Waals surface area contributed by atoms with Gasteiger partial charge in [-0.3, -0.25) is 4.79 Å². The zero-order valence-corrected chi connectivity index (χ0v) is 15.4. The van der Waals surface area contributed by atoms with E-state index < -0.39 is 0 Å². The minimum atomic E-state index is 0.0457. The molecular weight excluding hydrogens is 342 g/mol. The summed E-state index contributed by atoms with van der Waals surface area (Å²) < 4.78 is 1.75. The first-order valence-corrected chi connectivity index (χ1v) is 8.91. The molecule has 0 aliphatic carbocycles. The number of hydrogen-bond acceptors (Lipinski definition) is 6. The molecule has 3 heterocycles. The largest absolute Gasteiger partial charge is 0.337 e. The molecule has 0 radical (unpaired) electrons.